The van der Waals surface area contributed by atoms with Crippen molar-refractivity contribution in [3.8, 4) is 0 Å². The van der Waals surface area contributed by atoms with E-state index in [9.17, 15) is 17.6 Å². The first-order chi connectivity index (χ1) is 13.2. The van der Waals surface area contributed by atoms with Crippen molar-refractivity contribution in [2.45, 2.75) is 12.7 Å². The number of carbonyl (C=O) groups excluding carboxylic acids is 1. The molecular weight excluding hydrogens is 423 g/mol. The number of amides is 1. The molecule has 2 aromatic carbocycles. The van der Waals surface area contributed by atoms with E-state index in [4.69, 9.17) is 11.6 Å². The van der Waals surface area contributed by atoms with E-state index < -0.39 is 28.3 Å². The summed E-state index contributed by atoms with van der Waals surface area (Å²) in [7, 11) is -3.73. The zero-order chi connectivity index (χ0) is 20.7. The summed E-state index contributed by atoms with van der Waals surface area (Å²) >= 11 is 7.40. The molecule has 9 heteroatoms. The Morgan fingerprint density at radius 1 is 1.21 bits per heavy atom. The molecule has 0 bridgehead atoms. The lowest BCUT2D eigenvalue weighted by Crippen LogP contribution is -2.41. The summed E-state index contributed by atoms with van der Waals surface area (Å²) in [5.41, 5.74) is 2.55. The van der Waals surface area contributed by atoms with Crippen LogP contribution in [0.4, 0.5) is 10.1 Å². The number of thioether (sulfide) groups is 1. The summed E-state index contributed by atoms with van der Waals surface area (Å²) in [5.74, 6) is 0.427. The molecule has 0 atom stereocenters. The van der Waals surface area contributed by atoms with Gasteiger partial charge in [-0.05, 0) is 30.7 Å². The summed E-state index contributed by atoms with van der Waals surface area (Å²) in [6.07, 6.45) is 0.981. The Hall–Kier alpha value is -1.77. The third kappa shape index (κ3) is 7.00. The largest absolute Gasteiger partial charge is 0.354 e. The Kier molecular flexibility index (Phi) is 8.15. The second kappa shape index (κ2) is 10.1. The van der Waals surface area contributed by atoms with Crippen LogP contribution in [0.1, 0.15) is 11.1 Å². The molecule has 0 aliphatic rings. The average Bonchev–Trinajstić information content (AvgIpc) is 2.62. The number of hydrogen-bond acceptors (Lipinski definition) is 4. The molecule has 0 radical (unpaired) electrons. The van der Waals surface area contributed by atoms with Crippen molar-refractivity contribution in [2.24, 2.45) is 0 Å². The van der Waals surface area contributed by atoms with E-state index in [1.165, 1.54) is 23.3 Å². The van der Waals surface area contributed by atoms with Gasteiger partial charge in [0.05, 0.1) is 17.0 Å². The number of benzene rings is 2. The van der Waals surface area contributed by atoms with Crippen LogP contribution in [0.3, 0.4) is 0 Å². The molecule has 1 N–H and O–H groups in total. The highest BCUT2D eigenvalue weighted by atomic mass is 35.5. The molecule has 0 fully saturated rings. The van der Waals surface area contributed by atoms with Crippen LogP contribution in [0.2, 0.25) is 5.02 Å². The first-order valence-corrected chi connectivity index (χ1v) is 11.9. The average molecular weight is 445 g/mol. The molecule has 0 saturated carbocycles. The van der Waals surface area contributed by atoms with Crippen LogP contribution in [0.25, 0.3) is 0 Å². The minimum Gasteiger partial charge on any atom is -0.354 e. The first kappa shape index (κ1) is 22.5. The Balaban J connectivity index is 1.84. The van der Waals surface area contributed by atoms with E-state index in [0.717, 1.165) is 22.4 Å². The van der Waals surface area contributed by atoms with Crippen molar-refractivity contribution in [1.29, 1.82) is 0 Å². The molecule has 0 aliphatic carbocycles. The fourth-order valence-electron chi connectivity index (χ4n) is 2.36. The van der Waals surface area contributed by atoms with Crippen molar-refractivity contribution in [3.63, 3.8) is 0 Å². The molecule has 1 amide bonds. The minimum absolute atomic E-state index is 0.137. The van der Waals surface area contributed by atoms with Crippen LogP contribution >= 0.6 is 23.4 Å². The van der Waals surface area contributed by atoms with Crippen molar-refractivity contribution < 1.29 is 17.6 Å². The summed E-state index contributed by atoms with van der Waals surface area (Å²) < 4.78 is 38.3. The van der Waals surface area contributed by atoms with E-state index in [1.807, 2.05) is 6.92 Å². The highest BCUT2D eigenvalue weighted by Crippen LogP contribution is 2.24. The lowest BCUT2D eigenvalue weighted by molar-refractivity contribution is -0.119. The highest BCUT2D eigenvalue weighted by Gasteiger charge is 2.21. The van der Waals surface area contributed by atoms with E-state index in [2.05, 4.69) is 29.6 Å². The van der Waals surface area contributed by atoms with Crippen LogP contribution in [-0.4, -0.2) is 39.4 Å². The molecule has 0 aromatic heterocycles. The normalized spacial score (nSPS) is 11.3. The van der Waals surface area contributed by atoms with Gasteiger partial charge in [-0.2, -0.15) is 11.8 Å². The summed E-state index contributed by atoms with van der Waals surface area (Å²) in [4.78, 5) is 12.2. The van der Waals surface area contributed by atoms with Crippen LogP contribution in [-0.2, 0) is 20.6 Å². The number of nitrogens with one attached hydrogen (secondary N) is 1. The Morgan fingerprint density at radius 3 is 2.50 bits per heavy atom. The zero-order valence-corrected chi connectivity index (χ0v) is 18.0. The maximum absolute atomic E-state index is 13.3. The van der Waals surface area contributed by atoms with Crippen molar-refractivity contribution >= 4 is 45.0 Å². The number of sulfonamides is 1. The van der Waals surface area contributed by atoms with Gasteiger partial charge in [-0.1, -0.05) is 41.4 Å². The number of halogens is 2. The first-order valence-electron chi connectivity index (χ1n) is 8.49. The minimum atomic E-state index is -3.73. The lowest BCUT2D eigenvalue weighted by atomic mass is 10.2. The molecule has 2 rings (SSSR count). The smallest absolute Gasteiger partial charge is 0.240 e. The van der Waals surface area contributed by atoms with Gasteiger partial charge in [0.15, 0.2) is 0 Å². The van der Waals surface area contributed by atoms with Gasteiger partial charge < -0.3 is 5.32 Å². The molecule has 0 spiro atoms. The summed E-state index contributed by atoms with van der Waals surface area (Å²) in [6.45, 7) is 2.05. The van der Waals surface area contributed by atoms with Gasteiger partial charge in [0.2, 0.25) is 15.9 Å². The third-order valence-corrected chi connectivity index (χ3v) is 6.30. The highest BCUT2D eigenvalue weighted by molar-refractivity contribution is 7.98. The van der Waals surface area contributed by atoms with Gasteiger partial charge >= 0.3 is 0 Å². The Morgan fingerprint density at radius 2 is 1.89 bits per heavy atom. The maximum Gasteiger partial charge on any atom is 0.240 e. The van der Waals surface area contributed by atoms with Gasteiger partial charge in [0, 0.05) is 18.1 Å². The molecule has 2 aromatic rings. The SMILES string of the molecule is Cc1ccc(CSCCNC(=O)CN(c2ccc(F)c(Cl)c2)S(C)(=O)=O)cc1. The van der Waals surface area contributed by atoms with Crippen molar-refractivity contribution in [1.82, 2.24) is 5.32 Å². The molecule has 0 heterocycles. The van der Waals surface area contributed by atoms with Gasteiger partial charge in [-0.15, -0.1) is 0 Å². The number of carbonyl (C=O) groups is 1. The van der Waals surface area contributed by atoms with Gasteiger partial charge in [0.1, 0.15) is 12.4 Å². The molecule has 0 saturated heterocycles. The summed E-state index contributed by atoms with van der Waals surface area (Å²) in [5, 5.41) is 2.49. The van der Waals surface area contributed by atoms with E-state index in [1.54, 1.807) is 11.8 Å². The predicted molar refractivity (Wildman–Crippen MR) is 114 cm³/mol. The van der Waals surface area contributed by atoms with Crippen LogP contribution in [0, 0.1) is 12.7 Å². The molecule has 0 aliphatic heterocycles. The molecule has 28 heavy (non-hydrogen) atoms. The second-order valence-electron chi connectivity index (χ2n) is 6.26. The van der Waals surface area contributed by atoms with Crippen molar-refractivity contribution in [3.05, 3.63) is 64.4 Å². The monoisotopic (exact) mass is 444 g/mol. The second-order valence-corrected chi connectivity index (χ2v) is 9.68. The number of rotatable bonds is 9. The lowest BCUT2D eigenvalue weighted by Gasteiger charge is -2.22. The molecule has 152 valence electrons. The maximum atomic E-state index is 13.3. The van der Waals surface area contributed by atoms with E-state index in [-0.39, 0.29) is 10.7 Å². The van der Waals surface area contributed by atoms with Gasteiger partial charge in [0.25, 0.3) is 0 Å². The third-order valence-electron chi connectivity index (χ3n) is 3.84. The van der Waals surface area contributed by atoms with Crippen LogP contribution < -0.4 is 9.62 Å². The zero-order valence-electron chi connectivity index (χ0n) is 15.6. The summed E-state index contributed by atoms with van der Waals surface area (Å²) in [6, 6.07) is 11.8. The predicted octanol–water partition coefficient (Wildman–Crippen LogP) is 3.60. The number of hydrogen-bond donors (Lipinski definition) is 1. The van der Waals surface area contributed by atoms with Crippen molar-refractivity contribution in [2.75, 3.05) is 29.4 Å². The van der Waals surface area contributed by atoms with Crippen LogP contribution in [0.15, 0.2) is 42.5 Å². The standard InChI is InChI=1S/C19H22ClFN2O3S2/c1-14-3-5-15(6-4-14)13-27-10-9-22-19(24)12-23(28(2,25)26)16-7-8-18(21)17(20)11-16/h3-8,11H,9-10,12-13H2,1-2H3,(H,22,24). The fourth-order valence-corrected chi connectivity index (χ4v) is 4.21. The molecular formula is C19H22ClFN2O3S2. The van der Waals surface area contributed by atoms with Gasteiger partial charge in [-0.25, -0.2) is 12.8 Å². The number of aryl methyl sites for hydroxylation is 1. The number of anilines is 1. The number of nitrogens with zero attached hydrogens (tertiary/aromatic N) is 1. The Labute approximate surface area is 174 Å². The quantitative estimate of drug-likeness (QED) is 0.600. The fraction of sp³-hybridized carbons (Fsp3) is 0.316. The molecule has 5 nitrogen and oxygen atoms in total. The van der Waals surface area contributed by atoms with Crippen LogP contribution in [0.5, 0.6) is 0 Å². The molecule has 0 unspecified atom stereocenters. The van der Waals surface area contributed by atoms with Gasteiger partial charge in [-0.3, -0.25) is 9.10 Å². The van der Waals surface area contributed by atoms with E-state index >= 15 is 0 Å². The Bertz CT molecular complexity index is 921. The van der Waals surface area contributed by atoms with E-state index in [0.29, 0.717) is 12.3 Å². The topological polar surface area (TPSA) is 66.5 Å².